The van der Waals surface area contributed by atoms with Crippen LogP contribution in [-0.2, 0) is 0 Å². The molecule has 7 heteroatoms. The van der Waals surface area contributed by atoms with Crippen LogP contribution in [0.2, 0.25) is 0 Å². The van der Waals surface area contributed by atoms with E-state index in [0.29, 0.717) is 11.8 Å². The molecular weight excluding hydrogens is 329 g/mol. The third-order valence-electron chi connectivity index (χ3n) is 2.49. The second-order valence-electron chi connectivity index (χ2n) is 3.76. The van der Waals surface area contributed by atoms with E-state index in [2.05, 4.69) is 26.6 Å². The van der Waals surface area contributed by atoms with Crippen LogP contribution in [0.15, 0.2) is 42.7 Å². The molecule has 0 bridgehead atoms. The Bertz CT molecular complexity index is 637. The third-order valence-corrected chi connectivity index (χ3v) is 3.05. The Morgan fingerprint density at radius 2 is 2.00 bits per heavy atom. The quantitative estimate of drug-likeness (QED) is 0.529. The average Bonchev–Trinajstić information content (AvgIpc) is 2.48. The van der Waals surface area contributed by atoms with Gasteiger partial charge in [-0.05, 0) is 24.3 Å². The minimum atomic E-state index is -0.727. The minimum absolute atomic E-state index is 0.0250. The number of halogens is 2. The van der Waals surface area contributed by atoms with Crippen LogP contribution in [0.1, 0.15) is 20.7 Å². The van der Waals surface area contributed by atoms with Crippen molar-refractivity contribution in [1.29, 1.82) is 0 Å². The number of nitrogens with zero attached hydrogens (tertiary/aromatic N) is 2. The largest absolute Gasteiger partial charge is 0.298 e. The molecule has 0 saturated heterocycles. The van der Waals surface area contributed by atoms with Crippen molar-refractivity contribution in [2.24, 2.45) is 0 Å². The molecule has 0 fully saturated rings. The zero-order chi connectivity index (χ0) is 14.5. The lowest BCUT2D eigenvalue weighted by Gasteiger charge is -2.18. The average molecular weight is 338 g/mol. The molecule has 1 aromatic heterocycles. The number of rotatable bonds is 4. The fourth-order valence-electron chi connectivity index (χ4n) is 1.50. The van der Waals surface area contributed by atoms with E-state index in [4.69, 9.17) is 0 Å². The van der Waals surface area contributed by atoms with Gasteiger partial charge in [-0.1, -0.05) is 6.07 Å². The number of benzene rings is 1. The number of hydrogen-bond acceptors (Lipinski definition) is 4. The molecule has 0 aliphatic heterocycles. The van der Waals surface area contributed by atoms with Gasteiger partial charge >= 0.3 is 0 Å². The fraction of sp³-hybridized carbons (Fsp3) is 0. The van der Waals surface area contributed by atoms with Crippen molar-refractivity contribution in [2.45, 2.75) is 0 Å². The smallest absolute Gasteiger partial charge is 0.270 e. The maximum atomic E-state index is 13.9. The van der Waals surface area contributed by atoms with Crippen LogP contribution in [0.3, 0.4) is 0 Å². The number of amides is 1. The van der Waals surface area contributed by atoms with E-state index in [1.165, 1.54) is 42.7 Å². The van der Waals surface area contributed by atoms with E-state index in [9.17, 15) is 14.0 Å². The first-order valence-corrected chi connectivity index (χ1v) is 6.25. The zero-order valence-corrected chi connectivity index (χ0v) is 11.7. The normalized spacial score (nSPS) is 9.90. The van der Waals surface area contributed by atoms with Crippen molar-refractivity contribution in [1.82, 2.24) is 10.4 Å². The van der Waals surface area contributed by atoms with Crippen LogP contribution in [0.25, 0.3) is 0 Å². The molecule has 0 aliphatic carbocycles. The van der Waals surface area contributed by atoms with E-state index in [1.54, 1.807) is 0 Å². The zero-order valence-electron chi connectivity index (χ0n) is 10.1. The number of carbonyl (C=O) groups is 2. The number of pyridine rings is 1. The molecule has 0 aliphatic rings. The molecule has 2 rings (SSSR count). The van der Waals surface area contributed by atoms with Crippen molar-refractivity contribution >= 4 is 34.0 Å². The molecule has 0 radical (unpaired) electrons. The van der Waals surface area contributed by atoms with Gasteiger partial charge in [0, 0.05) is 18.0 Å². The summed E-state index contributed by atoms with van der Waals surface area (Å²) < 4.78 is 15.0. The van der Waals surface area contributed by atoms with Gasteiger partial charge in [0.1, 0.15) is 5.69 Å². The summed E-state index contributed by atoms with van der Waals surface area (Å²) in [6.07, 6.45) is 3.35. The van der Waals surface area contributed by atoms with Gasteiger partial charge in [0.2, 0.25) is 0 Å². The van der Waals surface area contributed by atoms with Crippen molar-refractivity contribution in [3.8, 4) is 0 Å². The van der Waals surface area contributed by atoms with E-state index in [1.807, 2.05) is 0 Å². The molecule has 0 spiro atoms. The number of hydrazine groups is 1. The Labute approximate surface area is 122 Å². The second-order valence-corrected chi connectivity index (χ2v) is 4.47. The Morgan fingerprint density at radius 1 is 1.30 bits per heavy atom. The highest BCUT2D eigenvalue weighted by Gasteiger charge is 2.15. The number of carbonyl (C=O) groups excluding carboxylic acids is 2. The summed E-state index contributed by atoms with van der Waals surface area (Å²) in [5.74, 6) is -1.17. The second kappa shape index (κ2) is 6.25. The topological polar surface area (TPSA) is 62.3 Å². The standard InChI is InChI=1S/C13H9BrFN3O2/c14-18(11-3-1-2-10(8-19)12(11)15)17-13(20)9-4-6-16-7-5-9/h1-8H,(H,17,20). The molecular formula is C13H9BrFN3O2. The maximum Gasteiger partial charge on any atom is 0.270 e. The first-order valence-electron chi connectivity index (χ1n) is 5.54. The Balaban J connectivity index is 2.19. The van der Waals surface area contributed by atoms with E-state index >= 15 is 0 Å². The van der Waals surface area contributed by atoms with E-state index in [-0.39, 0.29) is 11.3 Å². The van der Waals surface area contributed by atoms with Gasteiger partial charge in [-0.25, -0.2) is 8.43 Å². The van der Waals surface area contributed by atoms with Crippen molar-refractivity contribution < 1.29 is 14.0 Å². The molecule has 20 heavy (non-hydrogen) atoms. The van der Waals surface area contributed by atoms with Gasteiger partial charge in [-0.3, -0.25) is 20.0 Å². The highest BCUT2D eigenvalue weighted by Crippen LogP contribution is 2.22. The van der Waals surface area contributed by atoms with Crippen molar-refractivity contribution in [2.75, 3.05) is 4.03 Å². The van der Waals surface area contributed by atoms with Gasteiger partial charge in [0.25, 0.3) is 5.91 Å². The first kappa shape index (κ1) is 14.1. The van der Waals surface area contributed by atoms with Gasteiger partial charge < -0.3 is 0 Å². The van der Waals surface area contributed by atoms with Crippen LogP contribution in [-0.4, -0.2) is 17.2 Å². The highest BCUT2D eigenvalue weighted by atomic mass is 79.9. The molecule has 1 amide bonds. The van der Waals surface area contributed by atoms with Gasteiger partial charge in [-0.15, -0.1) is 0 Å². The van der Waals surface area contributed by atoms with Gasteiger partial charge in [-0.2, -0.15) is 0 Å². The van der Waals surface area contributed by atoms with Crippen molar-refractivity contribution in [3.63, 3.8) is 0 Å². The van der Waals surface area contributed by atoms with Crippen LogP contribution in [0.4, 0.5) is 10.1 Å². The molecule has 1 aromatic carbocycles. The summed E-state index contributed by atoms with van der Waals surface area (Å²) >= 11 is 3.03. The number of hydrogen-bond donors (Lipinski definition) is 1. The molecule has 2 aromatic rings. The van der Waals surface area contributed by atoms with Crippen molar-refractivity contribution in [3.05, 3.63) is 59.7 Å². The summed E-state index contributed by atoms with van der Waals surface area (Å²) in [5, 5.41) is 0. The van der Waals surface area contributed by atoms with Gasteiger partial charge in [0.05, 0.1) is 21.7 Å². The van der Waals surface area contributed by atoms with E-state index in [0.717, 1.165) is 4.03 Å². The summed E-state index contributed by atoms with van der Waals surface area (Å²) in [6, 6.07) is 7.32. The summed E-state index contributed by atoms with van der Waals surface area (Å²) in [6.45, 7) is 0. The molecule has 1 heterocycles. The summed E-state index contributed by atoms with van der Waals surface area (Å²) in [7, 11) is 0. The molecule has 0 saturated carbocycles. The number of aldehydes is 1. The molecule has 0 unspecified atom stereocenters. The minimum Gasteiger partial charge on any atom is -0.298 e. The molecule has 1 N–H and O–H groups in total. The van der Waals surface area contributed by atoms with Crippen LogP contribution in [0.5, 0.6) is 0 Å². The number of nitrogens with one attached hydrogen (secondary N) is 1. The SMILES string of the molecule is O=Cc1cccc(N(Br)NC(=O)c2ccncc2)c1F. The lowest BCUT2D eigenvalue weighted by molar-refractivity contribution is 0.0957. The number of anilines is 1. The first-order chi connectivity index (χ1) is 9.63. The Morgan fingerprint density at radius 3 is 2.65 bits per heavy atom. The Hall–Kier alpha value is -2.28. The van der Waals surface area contributed by atoms with Crippen LogP contribution in [0, 0.1) is 5.82 Å². The fourth-order valence-corrected chi connectivity index (χ4v) is 1.93. The molecule has 102 valence electrons. The van der Waals surface area contributed by atoms with Crippen LogP contribution < -0.4 is 9.46 Å². The highest BCUT2D eigenvalue weighted by molar-refractivity contribution is 9.10. The maximum absolute atomic E-state index is 13.9. The lowest BCUT2D eigenvalue weighted by Crippen LogP contribution is -2.35. The number of aromatic nitrogens is 1. The molecule has 5 nitrogen and oxygen atoms in total. The summed E-state index contributed by atoms with van der Waals surface area (Å²) in [4.78, 5) is 26.4. The van der Waals surface area contributed by atoms with Crippen LogP contribution >= 0.6 is 16.1 Å². The predicted octanol–water partition coefficient (Wildman–Crippen LogP) is 2.49. The monoisotopic (exact) mass is 337 g/mol. The third kappa shape index (κ3) is 3.00. The summed E-state index contributed by atoms with van der Waals surface area (Å²) in [5.41, 5.74) is 2.74. The lowest BCUT2D eigenvalue weighted by atomic mass is 10.2. The molecule has 0 atom stereocenters. The van der Waals surface area contributed by atoms with E-state index < -0.39 is 11.7 Å². The predicted molar refractivity (Wildman–Crippen MR) is 74.9 cm³/mol. The van der Waals surface area contributed by atoms with Gasteiger partial charge in [0.15, 0.2) is 12.1 Å². The Kier molecular flexibility index (Phi) is 4.41.